The molecule has 2 aromatic rings. The molecule has 0 heterocycles. The number of nitrogens with zero attached hydrogens (tertiary/aromatic N) is 1. The van der Waals surface area contributed by atoms with Gasteiger partial charge < -0.3 is 20.7 Å². The lowest BCUT2D eigenvalue weighted by atomic mass is 10.1. The van der Waals surface area contributed by atoms with Crippen LogP contribution in [0.5, 0.6) is 5.75 Å². The Balaban J connectivity index is 1.79. The predicted octanol–water partition coefficient (Wildman–Crippen LogP) is 3.17. The number of carbonyl (C=O) groups is 1. The third-order valence-corrected chi connectivity index (χ3v) is 4.05. The standard InChI is InChI=1S/C20H27N3O2/c1-3-23(4-2)13-14-25-19-11-9-18(10-12-19)22-20(24)15-16-5-7-17(21)8-6-16/h5-12H,3-4,13-15,21H2,1-2H3,(H,22,24). The topological polar surface area (TPSA) is 67.6 Å². The van der Waals surface area contributed by atoms with Crippen molar-refractivity contribution in [2.24, 2.45) is 0 Å². The number of hydrogen-bond acceptors (Lipinski definition) is 4. The second-order valence-corrected chi connectivity index (χ2v) is 5.87. The molecular weight excluding hydrogens is 314 g/mol. The highest BCUT2D eigenvalue weighted by molar-refractivity contribution is 5.92. The summed E-state index contributed by atoms with van der Waals surface area (Å²) in [6, 6.07) is 14.8. The van der Waals surface area contributed by atoms with Gasteiger partial charge in [0.05, 0.1) is 6.42 Å². The van der Waals surface area contributed by atoms with Crippen LogP contribution in [0.1, 0.15) is 19.4 Å². The SMILES string of the molecule is CCN(CC)CCOc1ccc(NC(=O)Cc2ccc(N)cc2)cc1. The number of likely N-dealkylation sites (N-methyl/N-ethyl adjacent to an activating group) is 1. The highest BCUT2D eigenvalue weighted by atomic mass is 16.5. The van der Waals surface area contributed by atoms with Gasteiger partial charge in [-0.3, -0.25) is 4.79 Å². The van der Waals surface area contributed by atoms with Crippen LogP contribution in [-0.4, -0.2) is 37.0 Å². The fraction of sp³-hybridized carbons (Fsp3) is 0.350. The molecule has 0 aliphatic carbocycles. The van der Waals surface area contributed by atoms with Gasteiger partial charge in [-0.05, 0) is 55.1 Å². The minimum atomic E-state index is -0.0556. The van der Waals surface area contributed by atoms with E-state index in [1.807, 2.05) is 36.4 Å². The number of ether oxygens (including phenoxy) is 1. The molecule has 0 unspecified atom stereocenters. The molecule has 0 saturated carbocycles. The number of carbonyl (C=O) groups excluding carboxylic acids is 1. The van der Waals surface area contributed by atoms with Crippen molar-refractivity contribution in [3.05, 3.63) is 54.1 Å². The Morgan fingerprint density at radius 3 is 2.28 bits per heavy atom. The average Bonchev–Trinajstić information content (AvgIpc) is 2.62. The van der Waals surface area contributed by atoms with E-state index in [0.29, 0.717) is 18.7 Å². The first-order chi connectivity index (χ1) is 12.1. The van der Waals surface area contributed by atoms with Crippen molar-refractivity contribution in [1.82, 2.24) is 4.90 Å². The summed E-state index contributed by atoms with van der Waals surface area (Å²) in [5.74, 6) is 0.753. The smallest absolute Gasteiger partial charge is 0.228 e. The molecule has 1 amide bonds. The van der Waals surface area contributed by atoms with Gasteiger partial charge >= 0.3 is 0 Å². The summed E-state index contributed by atoms with van der Waals surface area (Å²) in [6.07, 6.45) is 0.322. The van der Waals surface area contributed by atoms with Crippen molar-refractivity contribution in [1.29, 1.82) is 0 Å². The quantitative estimate of drug-likeness (QED) is 0.688. The van der Waals surface area contributed by atoms with E-state index in [1.165, 1.54) is 0 Å². The molecule has 134 valence electrons. The lowest BCUT2D eigenvalue weighted by Gasteiger charge is -2.18. The molecule has 0 bridgehead atoms. The molecule has 0 radical (unpaired) electrons. The van der Waals surface area contributed by atoms with Gasteiger partial charge in [0, 0.05) is 17.9 Å². The van der Waals surface area contributed by atoms with Crippen molar-refractivity contribution in [2.75, 3.05) is 37.3 Å². The Morgan fingerprint density at radius 2 is 1.68 bits per heavy atom. The van der Waals surface area contributed by atoms with Crippen molar-refractivity contribution < 1.29 is 9.53 Å². The van der Waals surface area contributed by atoms with E-state index in [1.54, 1.807) is 12.1 Å². The van der Waals surface area contributed by atoms with Crippen LogP contribution in [0.3, 0.4) is 0 Å². The summed E-state index contributed by atoms with van der Waals surface area (Å²) in [5.41, 5.74) is 8.04. The molecule has 0 fully saturated rings. The first-order valence-corrected chi connectivity index (χ1v) is 8.70. The van der Waals surface area contributed by atoms with E-state index >= 15 is 0 Å². The molecular formula is C20H27N3O2. The summed E-state index contributed by atoms with van der Waals surface area (Å²) < 4.78 is 5.74. The largest absolute Gasteiger partial charge is 0.492 e. The zero-order valence-electron chi connectivity index (χ0n) is 15.0. The number of nitrogen functional groups attached to an aromatic ring is 1. The Morgan fingerprint density at radius 1 is 1.04 bits per heavy atom. The zero-order valence-corrected chi connectivity index (χ0v) is 15.0. The number of nitrogens with one attached hydrogen (secondary N) is 1. The van der Waals surface area contributed by atoms with Crippen molar-refractivity contribution in [3.63, 3.8) is 0 Å². The predicted molar refractivity (Wildman–Crippen MR) is 103 cm³/mol. The van der Waals surface area contributed by atoms with Gasteiger partial charge in [-0.25, -0.2) is 0 Å². The Labute approximate surface area is 149 Å². The molecule has 5 heteroatoms. The fourth-order valence-electron chi connectivity index (χ4n) is 2.49. The van der Waals surface area contributed by atoms with Crippen LogP contribution in [0.4, 0.5) is 11.4 Å². The lowest BCUT2D eigenvalue weighted by molar-refractivity contribution is -0.115. The second-order valence-electron chi connectivity index (χ2n) is 5.87. The lowest BCUT2D eigenvalue weighted by Crippen LogP contribution is -2.27. The highest BCUT2D eigenvalue weighted by Crippen LogP contribution is 2.16. The number of benzene rings is 2. The van der Waals surface area contributed by atoms with E-state index < -0.39 is 0 Å². The second kappa shape index (κ2) is 9.69. The van der Waals surface area contributed by atoms with E-state index in [2.05, 4.69) is 24.1 Å². The fourth-order valence-corrected chi connectivity index (χ4v) is 2.49. The van der Waals surface area contributed by atoms with Gasteiger partial charge in [-0.1, -0.05) is 26.0 Å². The molecule has 0 atom stereocenters. The third-order valence-electron chi connectivity index (χ3n) is 4.05. The van der Waals surface area contributed by atoms with E-state index in [0.717, 1.165) is 36.6 Å². The van der Waals surface area contributed by atoms with Gasteiger partial charge in [0.1, 0.15) is 12.4 Å². The molecule has 0 aliphatic rings. The number of nitrogens with two attached hydrogens (primary N) is 1. The zero-order chi connectivity index (χ0) is 18.1. The van der Waals surface area contributed by atoms with Crippen LogP contribution < -0.4 is 15.8 Å². The van der Waals surface area contributed by atoms with Crippen molar-refractivity contribution >= 4 is 17.3 Å². The van der Waals surface area contributed by atoms with E-state index in [4.69, 9.17) is 10.5 Å². The molecule has 5 nitrogen and oxygen atoms in total. The number of hydrogen-bond donors (Lipinski definition) is 2. The van der Waals surface area contributed by atoms with Crippen LogP contribution in [0.2, 0.25) is 0 Å². The summed E-state index contributed by atoms with van der Waals surface area (Å²) >= 11 is 0. The van der Waals surface area contributed by atoms with Gasteiger partial charge in [-0.15, -0.1) is 0 Å². The maximum Gasteiger partial charge on any atom is 0.228 e. The normalized spacial score (nSPS) is 10.7. The number of anilines is 2. The molecule has 0 saturated heterocycles. The maximum atomic E-state index is 12.1. The summed E-state index contributed by atoms with van der Waals surface area (Å²) in [4.78, 5) is 14.4. The summed E-state index contributed by atoms with van der Waals surface area (Å²) in [6.45, 7) is 7.91. The summed E-state index contributed by atoms with van der Waals surface area (Å²) in [7, 11) is 0. The highest BCUT2D eigenvalue weighted by Gasteiger charge is 2.05. The van der Waals surface area contributed by atoms with Crippen LogP contribution in [-0.2, 0) is 11.2 Å². The first-order valence-electron chi connectivity index (χ1n) is 8.70. The number of rotatable bonds is 9. The first kappa shape index (κ1) is 18.8. The van der Waals surface area contributed by atoms with Crippen LogP contribution in [0.25, 0.3) is 0 Å². The molecule has 0 aliphatic heterocycles. The van der Waals surface area contributed by atoms with Gasteiger partial charge in [0.2, 0.25) is 5.91 Å². The van der Waals surface area contributed by atoms with Crippen LogP contribution >= 0.6 is 0 Å². The molecule has 2 rings (SSSR count). The van der Waals surface area contributed by atoms with Crippen molar-refractivity contribution in [3.8, 4) is 5.75 Å². The average molecular weight is 341 g/mol. The molecule has 0 spiro atoms. The van der Waals surface area contributed by atoms with Gasteiger partial charge in [0.25, 0.3) is 0 Å². The maximum absolute atomic E-state index is 12.1. The van der Waals surface area contributed by atoms with Crippen LogP contribution in [0.15, 0.2) is 48.5 Å². The van der Waals surface area contributed by atoms with E-state index in [-0.39, 0.29) is 5.91 Å². The van der Waals surface area contributed by atoms with Gasteiger partial charge in [0.15, 0.2) is 0 Å². The van der Waals surface area contributed by atoms with Crippen LogP contribution in [0, 0.1) is 0 Å². The van der Waals surface area contributed by atoms with Crippen molar-refractivity contribution in [2.45, 2.75) is 20.3 Å². The molecule has 3 N–H and O–H groups in total. The Hall–Kier alpha value is -2.53. The Bertz CT molecular complexity index is 650. The molecule has 25 heavy (non-hydrogen) atoms. The Kier molecular flexibility index (Phi) is 7.29. The van der Waals surface area contributed by atoms with E-state index in [9.17, 15) is 4.79 Å². The third kappa shape index (κ3) is 6.47. The van der Waals surface area contributed by atoms with Gasteiger partial charge in [-0.2, -0.15) is 0 Å². The number of amides is 1. The molecule has 2 aromatic carbocycles. The minimum absolute atomic E-state index is 0.0556. The molecule has 0 aromatic heterocycles. The minimum Gasteiger partial charge on any atom is -0.492 e. The summed E-state index contributed by atoms with van der Waals surface area (Å²) in [5, 5.41) is 2.89. The monoisotopic (exact) mass is 341 g/mol.